The number of ether oxygens (including phenoxy) is 1. The molecule has 8 heteroatoms. The highest BCUT2D eigenvalue weighted by Gasteiger charge is 2.16. The number of nitrogens with one attached hydrogen (secondary N) is 2. The standard InChI is InChI=1S/C15H19Cl2N3O3/c16-11-3-1-4-12(13(11)17)19-15(22)14(21)18-5-2-6-20-7-9-23-10-8-20/h1,3-4H,2,5-10H2,(H,18,21)(H,19,22). The molecule has 1 heterocycles. The molecule has 0 spiro atoms. The topological polar surface area (TPSA) is 70.7 Å². The maximum Gasteiger partial charge on any atom is 0.313 e. The summed E-state index contributed by atoms with van der Waals surface area (Å²) in [7, 11) is 0. The van der Waals surface area contributed by atoms with Crippen molar-refractivity contribution in [3.8, 4) is 0 Å². The molecule has 0 atom stereocenters. The van der Waals surface area contributed by atoms with Crippen molar-refractivity contribution in [2.24, 2.45) is 0 Å². The predicted octanol–water partition coefficient (Wildman–Crippen LogP) is 1.77. The Balaban J connectivity index is 1.70. The van der Waals surface area contributed by atoms with Crippen molar-refractivity contribution in [2.75, 3.05) is 44.7 Å². The normalized spacial score (nSPS) is 15.2. The summed E-state index contributed by atoms with van der Waals surface area (Å²) >= 11 is 11.8. The van der Waals surface area contributed by atoms with E-state index in [0.717, 1.165) is 39.3 Å². The largest absolute Gasteiger partial charge is 0.379 e. The molecule has 0 bridgehead atoms. The van der Waals surface area contributed by atoms with Crippen molar-refractivity contribution in [1.82, 2.24) is 10.2 Å². The van der Waals surface area contributed by atoms with Gasteiger partial charge < -0.3 is 15.4 Å². The molecule has 1 aliphatic rings. The van der Waals surface area contributed by atoms with Crippen LogP contribution in [0.3, 0.4) is 0 Å². The van der Waals surface area contributed by atoms with E-state index in [2.05, 4.69) is 15.5 Å². The fourth-order valence-electron chi connectivity index (χ4n) is 2.19. The summed E-state index contributed by atoms with van der Waals surface area (Å²) in [6.45, 7) is 4.60. The van der Waals surface area contributed by atoms with Crippen LogP contribution in [-0.2, 0) is 14.3 Å². The summed E-state index contributed by atoms with van der Waals surface area (Å²) in [4.78, 5) is 25.8. The molecule has 0 aromatic heterocycles. The second kappa shape index (κ2) is 9.08. The van der Waals surface area contributed by atoms with Crippen LogP contribution in [0.2, 0.25) is 10.0 Å². The van der Waals surface area contributed by atoms with E-state index in [4.69, 9.17) is 27.9 Å². The van der Waals surface area contributed by atoms with Crippen LogP contribution in [0.15, 0.2) is 18.2 Å². The summed E-state index contributed by atoms with van der Waals surface area (Å²) < 4.78 is 5.27. The van der Waals surface area contributed by atoms with Gasteiger partial charge in [0, 0.05) is 19.6 Å². The lowest BCUT2D eigenvalue weighted by atomic mass is 10.3. The Hall–Kier alpha value is -1.34. The Morgan fingerprint density at radius 2 is 1.91 bits per heavy atom. The molecule has 1 aliphatic heterocycles. The number of hydrogen-bond acceptors (Lipinski definition) is 4. The summed E-state index contributed by atoms with van der Waals surface area (Å²) in [5, 5.41) is 5.56. The van der Waals surface area contributed by atoms with Gasteiger partial charge in [-0.3, -0.25) is 14.5 Å². The van der Waals surface area contributed by atoms with Gasteiger partial charge in [-0.1, -0.05) is 29.3 Å². The fourth-order valence-corrected chi connectivity index (χ4v) is 2.54. The molecule has 1 saturated heterocycles. The second-order valence-corrected chi connectivity index (χ2v) is 5.90. The highest BCUT2D eigenvalue weighted by atomic mass is 35.5. The first-order valence-corrected chi connectivity index (χ1v) is 8.17. The van der Waals surface area contributed by atoms with Crippen LogP contribution >= 0.6 is 23.2 Å². The van der Waals surface area contributed by atoms with Crippen molar-refractivity contribution < 1.29 is 14.3 Å². The molecule has 0 radical (unpaired) electrons. The third kappa shape index (κ3) is 5.66. The Kier molecular flexibility index (Phi) is 7.11. The van der Waals surface area contributed by atoms with Crippen molar-refractivity contribution in [1.29, 1.82) is 0 Å². The Bertz CT molecular complexity index is 563. The van der Waals surface area contributed by atoms with Gasteiger partial charge in [0.25, 0.3) is 0 Å². The molecule has 0 saturated carbocycles. The van der Waals surface area contributed by atoms with E-state index in [9.17, 15) is 9.59 Å². The first-order chi connectivity index (χ1) is 11.1. The molecule has 2 rings (SSSR count). The molecular formula is C15H19Cl2N3O3. The zero-order valence-electron chi connectivity index (χ0n) is 12.6. The van der Waals surface area contributed by atoms with Crippen LogP contribution in [0.5, 0.6) is 0 Å². The van der Waals surface area contributed by atoms with Gasteiger partial charge in [0.1, 0.15) is 0 Å². The number of nitrogens with zero attached hydrogens (tertiary/aromatic N) is 1. The van der Waals surface area contributed by atoms with Crippen LogP contribution in [0.25, 0.3) is 0 Å². The molecule has 0 unspecified atom stereocenters. The molecule has 23 heavy (non-hydrogen) atoms. The van der Waals surface area contributed by atoms with Gasteiger partial charge in [0.2, 0.25) is 0 Å². The van der Waals surface area contributed by atoms with Crippen molar-refractivity contribution in [3.63, 3.8) is 0 Å². The van der Waals surface area contributed by atoms with Crippen LogP contribution in [0, 0.1) is 0 Å². The Morgan fingerprint density at radius 3 is 2.65 bits per heavy atom. The lowest BCUT2D eigenvalue weighted by Crippen LogP contribution is -2.39. The molecule has 1 fully saturated rings. The quantitative estimate of drug-likeness (QED) is 0.620. The molecule has 2 N–H and O–H groups in total. The minimum absolute atomic E-state index is 0.211. The van der Waals surface area contributed by atoms with Crippen LogP contribution < -0.4 is 10.6 Å². The first-order valence-electron chi connectivity index (χ1n) is 7.41. The van der Waals surface area contributed by atoms with Gasteiger partial charge in [-0.25, -0.2) is 0 Å². The van der Waals surface area contributed by atoms with Crippen molar-refractivity contribution in [3.05, 3.63) is 28.2 Å². The number of morpholine rings is 1. The lowest BCUT2D eigenvalue weighted by Gasteiger charge is -2.26. The zero-order valence-corrected chi connectivity index (χ0v) is 14.1. The second-order valence-electron chi connectivity index (χ2n) is 5.12. The van der Waals surface area contributed by atoms with E-state index < -0.39 is 11.8 Å². The minimum Gasteiger partial charge on any atom is -0.379 e. The molecule has 6 nitrogen and oxygen atoms in total. The number of carbonyl (C=O) groups excluding carboxylic acids is 2. The van der Waals surface area contributed by atoms with Gasteiger partial charge in [0.15, 0.2) is 0 Å². The van der Waals surface area contributed by atoms with E-state index in [1.807, 2.05) is 0 Å². The van der Waals surface area contributed by atoms with Crippen molar-refractivity contribution >= 4 is 40.7 Å². The van der Waals surface area contributed by atoms with Crippen LogP contribution in [0.4, 0.5) is 5.69 Å². The minimum atomic E-state index is -0.763. The van der Waals surface area contributed by atoms with E-state index in [0.29, 0.717) is 17.3 Å². The smallest absolute Gasteiger partial charge is 0.313 e. The molecule has 1 aromatic carbocycles. The third-order valence-electron chi connectivity index (χ3n) is 3.45. The fraction of sp³-hybridized carbons (Fsp3) is 0.467. The Labute approximate surface area is 145 Å². The highest BCUT2D eigenvalue weighted by molar-refractivity contribution is 6.45. The molecule has 126 valence electrons. The Morgan fingerprint density at radius 1 is 1.17 bits per heavy atom. The van der Waals surface area contributed by atoms with Gasteiger partial charge in [-0.05, 0) is 25.1 Å². The number of rotatable bonds is 5. The first kappa shape index (κ1) is 18.0. The maximum absolute atomic E-state index is 11.8. The SMILES string of the molecule is O=C(NCCCN1CCOCC1)C(=O)Nc1cccc(Cl)c1Cl. The monoisotopic (exact) mass is 359 g/mol. The number of halogens is 2. The van der Waals surface area contributed by atoms with E-state index >= 15 is 0 Å². The van der Waals surface area contributed by atoms with Crippen LogP contribution in [-0.4, -0.2) is 56.1 Å². The lowest BCUT2D eigenvalue weighted by molar-refractivity contribution is -0.136. The number of benzene rings is 1. The van der Waals surface area contributed by atoms with E-state index in [1.54, 1.807) is 18.2 Å². The van der Waals surface area contributed by atoms with E-state index in [-0.39, 0.29) is 5.02 Å². The summed E-state index contributed by atoms with van der Waals surface area (Å²) in [5.74, 6) is -1.46. The highest BCUT2D eigenvalue weighted by Crippen LogP contribution is 2.29. The van der Waals surface area contributed by atoms with Gasteiger partial charge in [0.05, 0.1) is 28.9 Å². The zero-order chi connectivity index (χ0) is 16.7. The van der Waals surface area contributed by atoms with Gasteiger partial charge in [-0.15, -0.1) is 0 Å². The van der Waals surface area contributed by atoms with E-state index in [1.165, 1.54) is 0 Å². The number of hydrogen-bond donors (Lipinski definition) is 2. The average molecular weight is 360 g/mol. The van der Waals surface area contributed by atoms with Crippen molar-refractivity contribution in [2.45, 2.75) is 6.42 Å². The van der Waals surface area contributed by atoms with Gasteiger partial charge >= 0.3 is 11.8 Å². The average Bonchev–Trinajstić information content (AvgIpc) is 2.56. The third-order valence-corrected chi connectivity index (χ3v) is 4.27. The van der Waals surface area contributed by atoms with Gasteiger partial charge in [-0.2, -0.15) is 0 Å². The maximum atomic E-state index is 11.8. The number of amides is 2. The molecule has 1 aromatic rings. The molecule has 2 amide bonds. The number of carbonyl (C=O) groups is 2. The number of anilines is 1. The molecular weight excluding hydrogens is 341 g/mol. The van der Waals surface area contributed by atoms with Crippen LogP contribution in [0.1, 0.15) is 6.42 Å². The predicted molar refractivity (Wildman–Crippen MR) is 90.0 cm³/mol. The summed E-state index contributed by atoms with van der Waals surface area (Å²) in [5.41, 5.74) is 0.313. The molecule has 0 aliphatic carbocycles. The summed E-state index contributed by atoms with van der Waals surface area (Å²) in [6.07, 6.45) is 0.775. The summed E-state index contributed by atoms with van der Waals surface area (Å²) in [6, 6.07) is 4.83.